The number of rotatable bonds is 4. The van der Waals surface area contributed by atoms with Gasteiger partial charge >= 0.3 is 0 Å². The van der Waals surface area contributed by atoms with E-state index in [0.29, 0.717) is 23.5 Å². The topological polar surface area (TPSA) is 30.3 Å². The first-order valence-corrected chi connectivity index (χ1v) is 8.97. The summed E-state index contributed by atoms with van der Waals surface area (Å²) in [5.41, 5.74) is 1.62. The quantitative estimate of drug-likeness (QED) is 0.818. The molecule has 134 valence electrons. The first-order valence-electron chi connectivity index (χ1n) is 8.97. The lowest BCUT2D eigenvalue weighted by Crippen LogP contribution is -2.46. The molecule has 1 atom stereocenters. The second-order valence-electron chi connectivity index (χ2n) is 8.06. The lowest BCUT2D eigenvalue weighted by Gasteiger charge is -2.36. The molecular weight excluding hydrogens is 286 g/mol. The monoisotopic (exact) mass is 323 g/mol. The molecule has 0 N–H and O–H groups in total. The lowest BCUT2D eigenvalue weighted by atomic mass is 10.1. The third-order valence-corrected chi connectivity index (χ3v) is 4.38. The number of methoxy groups -OCH3 is 1. The van der Waals surface area contributed by atoms with Crippen molar-refractivity contribution >= 4 is 0 Å². The summed E-state index contributed by atoms with van der Waals surface area (Å²) in [5, 5.41) is 4.25. The first-order chi connectivity index (χ1) is 10.7. The average Bonchev–Trinajstić information content (AvgIpc) is 3.07. The van der Waals surface area contributed by atoms with E-state index in [-0.39, 0.29) is 0 Å². The van der Waals surface area contributed by atoms with Gasteiger partial charge in [0.15, 0.2) is 0 Å². The lowest BCUT2D eigenvalue weighted by molar-refractivity contribution is 0.0604. The van der Waals surface area contributed by atoms with Crippen molar-refractivity contribution in [3.8, 4) is 0 Å². The summed E-state index contributed by atoms with van der Waals surface area (Å²) in [6.07, 6.45) is 4.49. The van der Waals surface area contributed by atoms with Crippen molar-refractivity contribution in [2.75, 3.05) is 20.3 Å². The molecule has 4 heteroatoms. The minimum absolute atomic E-state index is 0.305. The smallest absolute Gasteiger partial charge is 0.0618 e. The van der Waals surface area contributed by atoms with Gasteiger partial charge in [-0.25, -0.2) is 0 Å². The molecule has 0 spiro atoms. The van der Waals surface area contributed by atoms with Crippen LogP contribution < -0.4 is 0 Å². The fourth-order valence-corrected chi connectivity index (χ4v) is 3.30. The van der Waals surface area contributed by atoms with Crippen molar-refractivity contribution in [1.29, 1.82) is 0 Å². The zero-order valence-corrected chi connectivity index (χ0v) is 16.5. The van der Waals surface area contributed by atoms with Crippen molar-refractivity contribution in [3.05, 3.63) is 18.0 Å². The molecule has 1 aliphatic heterocycles. The van der Waals surface area contributed by atoms with Gasteiger partial charge in [0.25, 0.3) is 0 Å². The summed E-state index contributed by atoms with van der Waals surface area (Å²) in [6.45, 7) is 17.6. The van der Waals surface area contributed by atoms with Crippen molar-refractivity contribution < 1.29 is 4.74 Å². The molecule has 23 heavy (non-hydrogen) atoms. The van der Waals surface area contributed by atoms with E-state index in [9.17, 15) is 0 Å². The molecule has 0 aromatic carbocycles. The summed E-state index contributed by atoms with van der Waals surface area (Å²) in [5.74, 6) is 0.569. The van der Waals surface area contributed by atoms with Crippen LogP contribution in [-0.2, 0) is 4.74 Å². The van der Waals surface area contributed by atoms with Gasteiger partial charge in [-0.15, -0.1) is 0 Å². The van der Waals surface area contributed by atoms with E-state index in [4.69, 9.17) is 4.74 Å². The summed E-state index contributed by atoms with van der Waals surface area (Å²) >= 11 is 0. The number of hydrogen-bond donors (Lipinski definition) is 0. The van der Waals surface area contributed by atoms with Crippen molar-refractivity contribution in [3.63, 3.8) is 0 Å². The highest BCUT2D eigenvalue weighted by molar-refractivity contribution is 5.06. The largest absolute Gasteiger partial charge is 0.383 e. The summed E-state index contributed by atoms with van der Waals surface area (Å²) in [4.78, 5) is 2.55. The maximum absolute atomic E-state index is 5.21. The molecule has 1 fully saturated rings. The Hall–Kier alpha value is -0.870. The highest BCUT2D eigenvalue weighted by Gasteiger charge is 2.32. The van der Waals surface area contributed by atoms with Gasteiger partial charge in [-0.05, 0) is 66.0 Å². The van der Waals surface area contributed by atoms with Gasteiger partial charge in [-0.2, -0.15) is 5.10 Å². The normalized spacial score (nSPS) is 19.3. The van der Waals surface area contributed by atoms with E-state index in [0.717, 1.165) is 6.61 Å². The van der Waals surface area contributed by atoms with Gasteiger partial charge in [-0.1, -0.05) is 13.8 Å². The zero-order valence-electron chi connectivity index (χ0n) is 16.5. The average molecular weight is 324 g/mol. The minimum Gasteiger partial charge on any atom is -0.383 e. The fourth-order valence-electron chi connectivity index (χ4n) is 3.30. The second-order valence-corrected chi connectivity index (χ2v) is 8.06. The van der Waals surface area contributed by atoms with Crippen LogP contribution in [0.2, 0.25) is 0 Å². The van der Waals surface area contributed by atoms with Crippen LogP contribution in [0.1, 0.15) is 79.0 Å². The Balaban J connectivity index is 0.000000231. The Morgan fingerprint density at radius 3 is 2.35 bits per heavy atom. The minimum atomic E-state index is 0.305. The third-order valence-electron chi connectivity index (χ3n) is 4.38. The Labute approximate surface area is 143 Å². The molecule has 1 aliphatic rings. The van der Waals surface area contributed by atoms with Crippen LogP contribution in [-0.4, -0.2) is 46.5 Å². The van der Waals surface area contributed by atoms with Gasteiger partial charge in [-0.3, -0.25) is 9.58 Å². The van der Waals surface area contributed by atoms with Crippen LogP contribution in [0.5, 0.6) is 0 Å². The Bertz CT molecular complexity index is 423. The van der Waals surface area contributed by atoms with Gasteiger partial charge in [0.1, 0.15) is 0 Å². The molecule has 0 radical (unpaired) electrons. The maximum atomic E-state index is 5.21. The van der Waals surface area contributed by atoms with Crippen LogP contribution in [0.15, 0.2) is 12.3 Å². The summed E-state index contributed by atoms with van der Waals surface area (Å²) in [6, 6.07) is 3.21. The van der Waals surface area contributed by atoms with E-state index < -0.39 is 0 Å². The van der Waals surface area contributed by atoms with Crippen LogP contribution in [0, 0.1) is 0 Å². The van der Waals surface area contributed by atoms with Crippen molar-refractivity contribution in [1.82, 2.24) is 14.7 Å². The molecule has 2 rings (SSSR count). The molecule has 4 nitrogen and oxygen atoms in total. The predicted molar refractivity (Wildman–Crippen MR) is 98.1 cm³/mol. The van der Waals surface area contributed by atoms with Crippen LogP contribution in [0.25, 0.3) is 0 Å². The predicted octanol–water partition coefficient (Wildman–Crippen LogP) is 4.48. The maximum Gasteiger partial charge on any atom is 0.0618 e. The molecule has 1 unspecified atom stereocenters. The zero-order chi connectivity index (χ0) is 17.6. The van der Waals surface area contributed by atoms with Crippen molar-refractivity contribution in [2.24, 2.45) is 0 Å². The molecule has 0 saturated carbocycles. The third kappa shape index (κ3) is 5.92. The summed E-state index contributed by atoms with van der Waals surface area (Å²) in [7, 11) is 1.79. The van der Waals surface area contributed by atoms with Crippen LogP contribution >= 0.6 is 0 Å². The van der Waals surface area contributed by atoms with E-state index in [2.05, 4.69) is 69.2 Å². The van der Waals surface area contributed by atoms with E-state index in [1.165, 1.54) is 25.1 Å². The number of aromatic nitrogens is 2. The van der Waals surface area contributed by atoms with Gasteiger partial charge in [0, 0.05) is 36.6 Å². The SMILES string of the molecule is CC(C)c1ccnn1C(C)C.COCC1CCCN1C(C)(C)C. The molecule has 0 bridgehead atoms. The van der Waals surface area contributed by atoms with Crippen LogP contribution in [0.4, 0.5) is 0 Å². The van der Waals surface area contributed by atoms with E-state index in [1.807, 2.05) is 6.20 Å². The highest BCUT2D eigenvalue weighted by Crippen LogP contribution is 2.26. The molecule has 2 heterocycles. The van der Waals surface area contributed by atoms with Gasteiger partial charge in [0.2, 0.25) is 0 Å². The van der Waals surface area contributed by atoms with Gasteiger partial charge < -0.3 is 4.74 Å². The Morgan fingerprint density at radius 2 is 1.91 bits per heavy atom. The number of nitrogens with zero attached hydrogens (tertiary/aromatic N) is 3. The second kappa shape index (κ2) is 8.84. The Kier molecular flexibility index (Phi) is 7.75. The fraction of sp³-hybridized carbons (Fsp3) is 0.842. The van der Waals surface area contributed by atoms with Gasteiger partial charge in [0.05, 0.1) is 6.61 Å². The Morgan fingerprint density at radius 1 is 1.26 bits per heavy atom. The van der Waals surface area contributed by atoms with Crippen LogP contribution in [0.3, 0.4) is 0 Å². The standard InChI is InChI=1S/C10H21NO.C9H16N2/c1-10(2,3)11-7-5-6-9(11)8-12-4;1-7(2)9-5-6-10-11(9)8(3)4/h9H,5-8H2,1-4H3;5-8H,1-4H3. The first kappa shape index (κ1) is 20.2. The number of hydrogen-bond acceptors (Lipinski definition) is 3. The molecule has 1 saturated heterocycles. The highest BCUT2D eigenvalue weighted by atomic mass is 16.5. The van der Waals surface area contributed by atoms with E-state index >= 15 is 0 Å². The number of ether oxygens (including phenoxy) is 1. The molecule has 0 amide bonds. The molecule has 1 aromatic rings. The molecule has 0 aliphatic carbocycles. The van der Waals surface area contributed by atoms with Crippen molar-refractivity contribution in [2.45, 2.75) is 84.8 Å². The molecule has 1 aromatic heterocycles. The summed E-state index contributed by atoms with van der Waals surface area (Å²) < 4.78 is 7.28. The molecular formula is C19H37N3O. The van der Waals surface area contributed by atoms with E-state index in [1.54, 1.807) is 7.11 Å². The number of likely N-dealkylation sites (tertiary alicyclic amines) is 1.